The summed E-state index contributed by atoms with van der Waals surface area (Å²) in [6, 6.07) is 4.47. The van der Waals surface area contributed by atoms with Crippen molar-refractivity contribution in [1.29, 1.82) is 0 Å². The number of halogens is 4. The molecule has 4 rings (SSSR count). The number of fused-ring (bicyclic) bond motifs is 2. The molecule has 2 aliphatic rings. The summed E-state index contributed by atoms with van der Waals surface area (Å²) in [5, 5.41) is 10.1. The van der Waals surface area contributed by atoms with Crippen molar-refractivity contribution in [3.8, 4) is 11.1 Å². The second-order valence-corrected chi connectivity index (χ2v) is 8.55. The maximum Gasteiger partial charge on any atom is 0.411 e. The first-order valence-electron chi connectivity index (χ1n) is 9.60. The SMILES string of the molecule is CN1Cc2cc(-c3cc(F)cc4c3C(=O)N([C@@H](C(C)(C)O)C(F)(F)F)C4)ccc2C1=O. The number of amides is 2. The molecule has 0 spiro atoms. The predicted octanol–water partition coefficient (Wildman–Crippen LogP) is 3.74. The molecule has 9 heteroatoms. The Morgan fingerprint density at radius 1 is 0.968 bits per heavy atom. The topological polar surface area (TPSA) is 60.9 Å². The Labute approximate surface area is 175 Å². The van der Waals surface area contributed by atoms with Gasteiger partial charge in [-0.25, -0.2) is 4.39 Å². The number of hydrogen-bond donors (Lipinski definition) is 1. The molecule has 0 bridgehead atoms. The highest BCUT2D eigenvalue weighted by Crippen LogP contribution is 2.41. The third-order valence-electron chi connectivity index (χ3n) is 5.69. The van der Waals surface area contributed by atoms with Crippen molar-refractivity contribution < 1.29 is 32.3 Å². The molecule has 5 nitrogen and oxygen atoms in total. The van der Waals surface area contributed by atoms with Gasteiger partial charge in [-0.2, -0.15) is 13.2 Å². The van der Waals surface area contributed by atoms with E-state index in [9.17, 15) is 32.3 Å². The van der Waals surface area contributed by atoms with Crippen LogP contribution in [0.25, 0.3) is 11.1 Å². The molecule has 31 heavy (non-hydrogen) atoms. The summed E-state index contributed by atoms with van der Waals surface area (Å²) in [4.78, 5) is 27.3. The summed E-state index contributed by atoms with van der Waals surface area (Å²) in [6.45, 7) is 1.83. The minimum atomic E-state index is -4.88. The van der Waals surface area contributed by atoms with Crippen LogP contribution in [-0.4, -0.2) is 51.6 Å². The highest BCUT2D eigenvalue weighted by Gasteiger charge is 2.55. The fourth-order valence-electron chi connectivity index (χ4n) is 4.47. The van der Waals surface area contributed by atoms with Gasteiger partial charge in [0.25, 0.3) is 11.8 Å². The van der Waals surface area contributed by atoms with E-state index in [1.165, 1.54) is 4.90 Å². The summed E-state index contributed by atoms with van der Waals surface area (Å²) in [7, 11) is 1.64. The monoisotopic (exact) mass is 436 g/mol. The summed E-state index contributed by atoms with van der Waals surface area (Å²) in [5.74, 6) is -1.78. The smallest absolute Gasteiger partial charge is 0.388 e. The van der Waals surface area contributed by atoms with Crippen molar-refractivity contribution in [2.75, 3.05) is 7.05 Å². The van der Waals surface area contributed by atoms with Crippen LogP contribution in [0.3, 0.4) is 0 Å². The Bertz CT molecular complexity index is 1090. The lowest BCUT2D eigenvalue weighted by Crippen LogP contribution is -2.57. The molecule has 2 heterocycles. The lowest BCUT2D eigenvalue weighted by Gasteiger charge is -2.37. The van der Waals surface area contributed by atoms with Crippen molar-refractivity contribution in [3.05, 3.63) is 58.4 Å². The second-order valence-electron chi connectivity index (χ2n) is 8.55. The minimum Gasteiger partial charge on any atom is -0.388 e. The average molecular weight is 436 g/mol. The first-order valence-corrected chi connectivity index (χ1v) is 9.60. The molecular weight excluding hydrogens is 416 g/mol. The fourth-order valence-corrected chi connectivity index (χ4v) is 4.47. The summed E-state index contributed by atoms with van der Waals surface area (Å²) >= 11 is 0. The first-order chi connectivity index (χ1) is 14.3. The van der Waals surface area contributed by atoms with Crippen molar-refractivity contribution in [3.63, 3.8) is 0 Å². The van der Waals surface area contributed by atoms with E-state index in [1.54, 1.807) is 25.2 Å². The van der Waals surface area contributed by atoms with Gasteiger partial charge in [-0.15, -0.1) is 0 Å². The zero-order chi connectivity index (χ0) is 22.9. The lowest BCUT2D eigenvalue weighted by molar-refractivity contribution is -0.219. The Morgan fingerprint density at radius 3 is 2.26 bits per heavy atom. The lowest BCUT2D eigenvalue weighted by atomic mass is 9.94. The molecule has 2 aromatic carbocycles. The van der Waals surface area contributed by atoms with Gasteiger partial charge in [0.1, 0.15) is 5.82 Å². The highest BCUT2D eigenvalue weighted by atomic mass is 19.4. The number of carbonyl (C=O) groups is 2. The van der Waals surface area contributed by atoms with E-state index in [2.05, 4.69) is 0 Å². The molecule has 0 fully saturated rings. The Hall–Kier alpha value is -2.94. The van der Waals surface area contributed by atoms with E-state index >= 15 is 0 Å². The zero-order valence-corrected chi connectivity index (χ0v) is 17.0. The van der Waals surface area contributed by atoms with Gasteiger partial charge in [-0.05, 0) is 60.4 Å². The van der Waals surface area contributed by atoms with Crippen LogP contribution in [0.5, 0.6) is 0 Å². The molecule has 0 aromatic heterocycles. The molecule has 0 saturated heterocycles. The van der Waals surface area contributed by atoms with Gasteiger partial charge in [0, 0.05) is 25.7 Å². The van der Waals surface area contributed by atoms with Crippen LogP contribution in [0.4, 0.5) is 17.6 Å². The molecule has 164 valence electrons. The quantitative estimate of drug-likeness (QED) is 0.746. The molecule has 1 N–H and O–H groups in total. The van der Waals surface area contributed by atoms with E-state index in [0.29, 0.717) is 28.1 Å². The maximum absolute atomic E-state index is 14.4. The third-order valence-corrected chi connectivity index (χ3v) is 5.69. The van der Waals surface area contributed by atoms with Crippen LogP contribution in [0.2, 0.25) is 0 Å². The van der Waals surface area contributed by atoms with Gasteiger partial charge in [0.2, 0.25) is 0 Å². The van der Waals surface area contributed by atoms with Gasteiger partial charge in [-0.3, -0.25) is 9.59 Å². The molecule has 0 radical (unpaired) electrons. The summed E-state index contributed by atoms with van der Waals surface area (Å²) in [5.41, 5.74) is -0.401. The van der Waals surface area contributed by atoms with E-state index < -0.39 is 36.1 Å². The fraction of sp³-hybridized carbons (Fsp3) is 0.364. The van der Waals surface area contributed by atoms with Crippen LogP contribution in [0.15, 0.2) is 30.3 Å². The van der Waals surface area contributed by atoms with Gasteiger partial charge < -0.3 is 14.9 Å². The van der Waals surface area contributed by atoms with Crippen molar-refractivity contribution in [2.24, 2.45) is 0 Å². The molecule has 2 aliphatic heterocycles. The number of carbonyl (C=O) groups excluding carboxylic acids is 2. The largest absolute Gasteiger partial charge is 0.411 e. The van der Waals surface area contributed by atoms with Crippen LogP contribution in [-0.2, 0) is 13.1 Å². The first kappa shape index (κ1) is 21.3. The summed E-state index contributed by atoms with van der Waals surface area (Å²) < 4.78 is 55.5. The Kier molecular flexibility index (Phi) is 4.66. The number of nitrogens with zero attached hydrogens (tertiary/aromatic N) is 2. The van der Waals surface area contributed by atoms with Gasteiger partial charge in [-0.1, -0.05) is 6.07 Å². The number of benzene rings is 2. The van der Waals surface area contributed by atoms with Gasteiger partial charge >= 0.3 is 6.18 Å². The standard InChI is InChI=1S/C22H20F4N2O3/c1-21(2,31)20(22(24,25)26)28-10-13-7-14(23)8-16(17(13)19(28)30)11-4-5-15-12(6-11)9-27(3)18(15)29/h4-8,20,31H,9-10H2,1-3H3/t20-/m0/s1. The molecule has 2 amide bonds. The van der Waals surface area contributed by atoms with Gasteiger partial charge in [0.15, 0.2) is 6.04 Å². The Balaban J connectivity index is 1.82. The highest BCUT2D eigenvalue weighted by molar-refractivity contribution is 6.05. The van der Waals surface area contributed by atoms with Crippen LogP contribution >= 0.6 is 0 Å². The van der Waals surface area contributed by atoms with Gasteiger partial charge in [0.05, 0.1) is 11.2 Å². The molecule has 0 aliphatic carbocycles. The van der Waals surface area contributed by atoms with Crippen molar-refractivity contribution in [1.82, 2.24) is 9.80 Å². The van der Waals surface area contributed by atoms with Crippen molar-refractivity contribution >= 4 is 11.8 Å². The van der Waals surface area contributed by atoms with E-state index in [-0.39, 0.29) is 22.6 Å². The van der Waals surface area contributed by atoms with Crippen LogP contribution in [0, 0.1) is 5.82 Å². The number of hydrogen-bond acceptors (Lipinski definition) is 3. The minimum absolute atomic E-state index is 0.0301. The molecule has 0 unspecified atom stereocenters. The number of rotatable bonds is 3. The average Bonchev–Trinajstić information content (AvgIpc) is 3.08. The van der Waals surface area contributed by atoms with Crippen LogP contribution in [0.1, 0.15) is 45.7 Å². The van der Waals surface area contributed by atoms with E-state index in [1.807, 2.05) is 0 Å². The zero-order valence-electron chi connectivity index (χ0n) is 17.0. The van der Waals surface area contributed by atoms with Crippen LogP contribution < -0.4 is 0 Å². The third kappa shape index (κ3) is 3.46. The van der Waals surface area contributed by atoms with E-state index in [4.69, 9.17) is 0 Å². The normalized spacial score (nSPS) is 17.3. The van der Waals surface area contributed by atoms with E-state index in [0.717, 1.165) is 26.0 Å². The molecule has 1 atom stereocenters. The maximum atomic E-state index is 14.4. The molecule has 2 aromatic rings. The number of aliphatic hydroxyl groups is 1. The predicted molar refractivity (Wildman–Crippen MR) is 104 cm³/mol. The molecule has 0 saturated carbocycles. The van der Waals surface area contributed by atoms with Crippen molar-refractivity contribution in [2.45, 2.75) is 44.8 Å². The molecular formula is C22H20F4N2O3. The summed E-state index contributed by atoms with van der Waals surface area (Å²) in [6.07, 6.45) is -4.88. The number of alkyl halides is 3. The second kappa shape index (κ2) is 6.78. The Morgan fingerprint density at radius 2 is 1.65 bits per heavy atom.